The molecule has 1 aliphatic heterocycles. The summed E-state index contributed by atoms with van der Waals surface area (Å²) in [5, 5.41) is 1.44. The number of aryl methyl sites for hydroxylation is 1. The molecule has 170 valence electrons. The largest absolute Gasteiger partial charge is 0.489 e. The summed E-state index contributed by atoms with van der Waals surface area (Å²) in [6.45, 7) is 21.0. The van der Waals surface area contributed by atoms with E-state index in [9.17, 15) is 0 Å². The number of benzene rings is 2. The summed E-state index contributed by atoms with van der Waals surface area (Å²) in [6.07, 6.45) is 6.94. The van der Waals surface area contributed by atoms with Crippen LogP contribution in [0.1, 0.15) is 61.4 Å². The molecule has 2 aromatic carbocycles. The molecule has 0 radical (unpaired) electrons. The second-order valence-corrected chi connectivity index (χ2v) is 15.6. The minimum absolute atomic E-state index is 0.0168. The van der Waals surface area contributed by atoms with Gasteiger partial charge in [0.1, 0.15) is 12.4 Å². The molecule has 0 bridgehead atoms. The maximum absolute atomic E-state index is 6.48. The molecule has 2 aliphatic rings. The summed E-state index contributed by atoms with van der Waals surface area (Å²) in [5.41, 5.74) is 7.54. The van der Waals surface area contributed by atoms with E-state index in [0.29, 0.717) is 12.1 Å². The van der Waals surface area contributed by atoms with E-state index in [1.807, 2.05) is 6.08 Å². The topological polar surface area (TPSA) is 12.5 Å². The molecule has 1 heterocycles. The molecule has 1 saturated heterocycles. The van der Waals surface area contributed by atoms with E-state index in [-0.39, 0.29) is 5.41 Å². The molecular formula is C29H39NOSi. The smallest absolute Gasteiger partial charge is 0.122 e. The molecule has 32 heavy (non-hydrogen) atoms. The van der Waals surface area contributed by atoms with Gasteiger partial charge in [-0.2, -0.15) is 0 Å². The Hall–Kier alpha value is -2.26. The van der Waals surface area contributed by atoms with Gasteiger partial charge < -0.3 is 9.64 Å². The summed E-state index contributed by atoms with van der Waals surface area (Å²) in [7, 11) is -2.03. The predicted octanol–water partition coefficient (Wildman–Crippen LogP) is 6.55. The van der Waals surface area contributed by atoms with Gasteiger partial charge in [0.2, 0.25) is 0 Å². The summed E-state index contributed by atoms with van der Waals surface area (Å²) in [5.74, 6) is 1.10. The van der Waals surface area contributed by atoms with Crippen LogP contribution in [0.2, 0.25) is 13.1 Å². The Morgan fingerprint density at radius 2 is 1.81 bits per heavy atom. The standard InChI is InChI=1S/C29H39NOSi/c1-8-17-31-27-24(29(3,4)5)18-21(2)19-26(27)32(6,7)28-23-14-10-9-13-22(23)20-25(28)30-15-11-12-16-30/h8-10,13-14,18-20,28H,1,11-12,15-17H2,2-7H3. The first-order chi connectivity index (χ1) is 15.1. The van der Waals surface area contributed by atoms with Gasteiger partial charge in [0.15, 0.2) is 0 Å². The predicted molar refractivity (Wildman–Crippen MR) is 141 cm³/mol. The van der Waals surface area contributed by atoms with E-state index >= 15 is 0 Å². The average molecular weight is 446 g/mol. The summed E-state index contributed by atoms with van der Waals surface area (Å²) in [6, 6.07) is 13.8. The quantitative estimate of drug-likeness (QED) is 0.369. The monoisotopic (exact) mass is 445 g/mol. The van der Waals surface area contributed by atoms with E-state index in [2.05, 4.69) is 94.7 Å². The zero-order valence-electron chi connectivity index (χ0n) is 20.8. The van der Waals surface area contributed by atoms with Crippen molar-refractivity contribution in [3.05, 3.63) is 77.0 Å². The zero-order valence-corrected chi connectivity index (χ0v) is 21.8. The molecule has 2 aromatic rings. The third-order valence-corrected chi connectivity index (χ3v) is 11.0. The van der Waals surface area contributed by atoms with E-state index in [1.54, 1.807) is 0 Å². The van der Waals surface area contributed by atoms with Crippen molar-refractivity contribution < 1.29 is 4.74 Å². The molecule has 2 nitrogen and oxygen atoms in total. The van der Waals surface area contributed by atoms with Crippen LogP contribution >= 0.6 is 0 Å². The van der Waals surface area contributed by atoms with E-state index in [1.165, 1.54) is 59.1 Å². The normalized spacial score (nSPS) is 18.5. The van der Waals surface area contributed by atoms with Crippen molar-refractivity contribution in [3.63, 3.8) is 0 Å². The molecule has 1 aliphatic carbocycles. The van der Waals surface area contributed by atoms with E-state index < -0.39 is 8.07 Å². The third kappa shape index (κ3) is 4.08. The summed E-state index contributed by atoms with van der Waals surface area (Å²) >= 11 is 0. The van der Waals surface area contributed by atoms with Gasteiger partial charge in [0.05, 0.1) is 8.07 Å². The first kappa shape index (κ1) is 22.9. The molecule has 0 saturated carbocycles. The lowest BCUT2D eigenvalue weighted by Gasteiger charge is -2.39. The first-order valence-electron chi connectivity index (χ1n) is 12.1. The van der Waals surface area contributed by atoms with Crippen LogP contribution in [0, 0.1) is 6.92 Å². The van der Waals surface area contributed by atoms with Crippen LogP contribution in [0.4, 0.5) is 0 Å². The Morgan fingerprint density at radius 3 is 2.47 bits per heavy atom. The number of fused-ring (bicyclic) bond motifs is 1. The first-order valence-corrected chi connectivity index (χ1v) is 15.2. The maximum atomic E-state index is 6.48. The summed E-state index contributed by atoms with van der Waals surface area (Å²) < 4.78 is 6.48. The lowest BCUT2D eigenvalue weighted by atomic mass is 9.85. The van der Waals surface area contributed by atoms with Crippen LogP contribution in [0.5, 0.6) is 5.75 Å². The van der Waals surface area contributed by atoms with Crippen molar-refractivity contribution in [3.8, 4) is 5.75 Å². The van der Waals surface area contributed by atoms with Crippen LogP contribution in [0.15, 0.2) is 54.8 Å². The van der Waals surface area contributed by atoms with Gasteiger partial charge in [0.25, 0.3) is 0 Å². The molecule has 1 atom stereocenters. The Kier molecular flexibility index (Phi) is 6.15. The van der Waals surface area contributed by atoms with Crippen molar-refractivity contribution in [2.45, 2.75) is 64.6 Å². The number of ether oxygens (including phenoxy) is 1. The third-order valence-electron chi connectivity index (χ3n) is 7.18. The molecule has 0 N–H and O–H groups in total. The van der Waals surface area contributed by atoms with Gasteiger partial charge in [-0.3, -0.25) is 0 Å². The molecule has 3 heteroatoms. The molecule has 0 aromatic heterocycles. The fourth-order valence-electron chi connectivity index (χ4n) is 5.58. The molecule has 1 unspecified atom stereocenters. The van der Waals surface area contributed by atoms with Crippen molar-refractivity contribution >= 4 is 19.3 Å². The highest BCUT2D eigenvalue weighted by atomic mass is 28.3. The van der Waals surface area contributed by atoms with Gasteiger partial charge >= 0.3 is 0 Å². The fraction of sp³-hybridized carbons (Fsp3) is 0.448. The second-order valence-electron chi connectivity index (χ2n) is 11.1. The van der Waals surface area contributed by atoms with Crippen molar-refractivity contribution in [1.29, 1.82) is 0 Å². The van der Waals surface area contributed by atoms with Gasteiger partial charge in [-0.05, 0) is 53.1 Å². The number of hydrogen-bond acceptors (Lipinski definition) is 2. The van der Waals surface area contributed by atoms with Crippen molar-refractivity contribution in [1.82, 2.24) is 4.90 Å². The van der Waals surface area contributed by atoms with E-state index in [4.69, 9.17) is 4.74 Å². The second kappa shape index (κ2) is 8.59. The van der Waals surface area contributed by atoms with Crippen LogP contribution in [-0.4, -0.2) is 32.7 Å². The molecular weight excluding hydrogens is 406 g/mol. The van der Waals surface area contributed by atoms with Gasteiger partial charge in [-0.15, -0.1) is 0 Å². The van der Waals surface area contributed by atoms with Gasteiger partial charge in [0, 0.05) is 24.3 Å². The summed E-state index contributed by atoms with van der Waals surface area (Å²) in [4.78, 5) is 2.66. The molecule has 0 amide bonds. The number of rotatable bonds is 6. The molecule has 4 rings (SSSR count). The Morgan fingerprint density at radius 1 is 1.12 bits per heavy atom. The Balaban J connectivity index is 1.91. The minimum atomic E-state index is -2.03. The van der Waals surface area contributed by atoms with E-state index in [0.717, 1.165) is 5.75 Å². The van der Waals surface area contributed by atoms with Crippen LogP contribution < -0.4 is 9.92 Å². The van der Waals surface area contributed by atoms with Crippen molar-refractivity contribution in [2.24, 2.45) is 0 Å². The Labute approximate surface area is 196 Å². The fourth-order valence-corrected chi connectivity index (χ4v) is 9.33. The van der Waals surface area contributed by atoms with Gasteiger partial charge in [-0.25, -0.2) is 0 Å². The zero-order chi connectivity index (χ0) is 23.1. The SMILES string of the molecule is C=CCOc1c(C(C)(C)C)cc(C)cc1[Si](C)(C)C1C(N2CCCC2)=Cc2ccccc21. The highest BCUT2D eigenvalue weighted by molar-refractivity contribution is 6.92. The van der Waals surface area contributed by atoms with Gasteiger partial charge in [-0.1, -0.05) is 88.5 Å². The van der Waals surface area contributed by atoms with Crippen LogP contribution in [-0.2, 0) is 5.41 Å². The maximum Gasteiger partial charge on any atom is 0.122 e. The number of allylic oxidation sites excluding steroid dienone is 1. The Bertz CT molecular complexity index is 1040. The lowest BCUT2D eigenvalue weighted by molar-refractivity contribution is 0.353. The highest BCUT2D eigenvalue weighted by Crippen LogP contribution is 2.46. The van der Waals surface area contributed by atoms with Crippen LogP contribution in [0.25, 0.3) is 6.08 Å². The number of hydrogen-bond donors (Lipinski definition) is 0. The van der Waals surface area contributed by atoms with Crippen molar-refractivity contribution in [2.75, 3.05) is 19.7 Å². The van der Waals surface area contributed by atoms with Crippen LogP contribution in [0.3, 0.4) is 0 Å². The molecule has 0 spiro atoms. The molecule has 1 fully saturated rings. The number of nitrogens with zero attached hydrogens (tertiary/aromatic N) is 1. The highest BCUT2D eigenvalue weighted by Gasteiger charge is 2.45. The minimum Gasteiger partial charge on any atom is -0.489 e. The number of likely N-dealkylation sites (tertiary alicyclic amines) is 1. The lowest BCUT2D eigenvalue weighted by Crippen LogP contribution is -2.50. The average Bonchev–Trinajstić information content (AvgIpc) is 3.39.